The predicted octanol–water partition coefficient (Wildman–Crippen LogP) is 4.62. The Balaban J connectivity index is 1.75. The lowest BCUT2D eigenvalue weighted by molar-refractivity contribution is -0.117. The van der Waals surface area contributed by atoms with Crippen LogP contribution in [0.2, 0.25) is 0 Å². The number of halogens is 1. The van der Waals surface area contributed by atoms with Crippen molar-refractivity contribution in [3.63, 3.8) is 0 Å². The number of benzene rings is 3. The van der Waals surface area contributed by atoms with Crippen molar-refractivity contribution in [3.05, 3.63) is 83.7 Å². The molecule has 0 aliphatic heterocycles. The van der Waals surface area contributed by atoms with Crippen LogP contribution in [0.4, 0.5) is 10.1 Å². The second-order valence-electron chi connectivity index (χ2n) is 6.59. The van der Waals surface area contributed by atoms with E-state index in [2.05, 4.69) is 5.32 Å². The van der Waals surface area contributed by atoms with E-state index in [1.54, 1.807) is 18.2 Å². The quantitative estimate of drug-likeness (QED) is 0.613. The van der Waals surface area contributed by atoms with Crippen molar-refractivity contribution < 1.29 is 18.7 Å². The second kappa shape index (κ2) is 9.21. The van der Waals surface area contributed by atoms with Gasteiger partial charge in [0.25, 0.3) is 0 Å². The Bertz CT molecular complexity index is 993. The SMILES string of the molecule is COc1cc(C)ccc1Oc1ccc(NC(=O)C(CN)c2ccccc2)cc1F. The molecule has 1 amide bonds. The summed E-state index contributed by atoms with van der Waals surface area (Å²) in [5, 5.41) is 2.71. The molecule has 0 saturated carbocycles. The van der Waals surface area contributed by atoms with Gasteiger partial charge in [-0.3, -0.25) is 4.79 Å². The summed E-state index contributed by atoms with van der Waals surface area (Å²) in [4.78, 5) is 12.6. The summed E-state index contributed by atoms with van der Waals surface area (Å²) in [6.45, 7) is 2.07. The van der Waals surface area contributed by atoms with Crippen LogP contribution in [-0.2, 0) is 4.79 Å². The van der Waals surface area contributed by atoms with Crippen LogP contribution < -0.4 is 20.5 Å². The molecule has 1 atom stereocenters. The van der Waals surface area contributed by atoms with Crippen LogP contribution >= 0.6 is 0 Å². The minimum Gasteiger partial charge on any atom is -0.493 e. The predicted molar refractivity (Wildman–Crippen MR) is 111 cm³/mol. The minimum atomic E-state index is -0.602. The number of hydrogen-bond acceptors (Lipinski definition) is 4. The molecule has 3 rings (SSSR count). The van der Waals surface area contributed by atoms with Gasteiger partial charge in [-0.15, -0.1) is 0 Å². The molecule has 150 valence electrons. The molecule has 0 aliphatic carbocycles. The van der Waals surface area contributed by atoms with E-state index in [0.717, 1.165) is 11.1 Å². The number of nitrogens with two attached hydrogens (primary N) is 1. The number of aryl methyl sites for hydroxylation is 1. The lowest BCUT2D eigenvalue weighted by Gasteiger charge is -2.16. The summed E-state index contributed by atoms with van der Waals surface area (Å²) < 4.78 is 25.5. The van der Waals surface area contributed by atoms with Gasteiger partial charge in [0.05, 0.1) is 13.0 Å². The van der Waals surface area contributed by atoms with Gasteiger partial charge >= 0.3 is 0 Å². The first-order valence-corrected chi connectivity index (χ1v) is 9.19. The van der Waals surface area contributed by atoms with Crippen LogP contribution in [0.25, 0.3) is 0 Å². The molecule has 0 heterocycles. The lowest BCUT2D eigenvalue weighted by Crippen LogP contribution is -2.27. The molecule has 29 heavy (non-hydrogen) atoms. The van der Waals surface area contributed by atoms with E-state index in [0.29, 0.717) is 17.2 Å². The number of ether oxygens (including phenoxy) is 2. The van der Waals surface area contributed by atoms with Crippen molar-refractivity contribution in [1.29, 1.82) is 0 Å². The molecule has 0 aliphatic rings. The maximum absolute atomic E-state index is 14.6. The van der Waals surface area contributed by atoms with Crippen LogP contribution in [0.3, 0.4) is 0 Å². The highest BCUT2D eigenvalue weighted by Gasteiger charge is 2.19. The van der Waals surface area contributed by atoms with Gasteiger partial charge in [-0.2, -0.15) is 0 Å². The molecule has 0 spiro atoms. The van der Waals surface area contributed by atoms with Crippen LogP contribution in [0, 0.1) is 12.7 Å². The zero-order valence-corrected chi connectivity index (χ0v) is 16.3. The molecule has 0 saturated heterocycles. The first-order valence-electron chi connectivity index (χ1n) is 9.19. The van der Waals surface area contributed by atoms with E-state index in [1.165, 1.54) is 19.2 Å². The number of methoxy groups -OCH3 is 1. The molecule has 3 aromatic rings. The van der Waals surface area contributed by atoms with Crippen molar-refractivity contribution in [2.24, 2.45) is 5.73 Å². The Hall–Kier alpha value is -3.38. The molecule has 0 radical (unpaired) electrons. The van der Waals surface area contributed by atoms with Gasteiger partial charge in [-0.25, -0.2) is 4.39 Å². The maximum atomic E-state index is 14.6. The smallest absolute Gasteiger partial charge is 0.233 e. The van der Waals surface area contributed by atoms with E-state index in [1.807, 2.05) is 43.3 Å². The number of nitrogens with one attached hydrogen (secondary N) is 1. The topological polar surface area (TPSA) is 73.6 Å². The minimum absolute atomic E-state index is 0.0311. The number of carbonyl (C=O) groups is 1. The fraction of sp³-hybridized carbons (Fsp3) is 0.174. The van der Waals surface area contributed by atoms with Gasteiger partial charge < -0.3 is 20.5 Å². The highest BCUT2D eigenvalue weighted by molar-refractivity contribution is 5.96. The van der Waals surface area contributed by atoms with Crippen molar-refractivity contribution in [3.8, 4) is 17.2 Å². The normalized spacial score (nSPS) is 11.6. The lowest BCUT2D eigenvalue weighted by atomic mass is 9.98. The van der Waals surface area contributed by atoms with E-state index in [4.69, 9.17) is 15.2 Å². The van der Waals surface area contributed by atoms with E-state index in [-0.39, 0.29) is 18.2 Å². The van der Waals surface area contributed by atoms with Crippen LogP contribution in [-0.4, -0.2) is 19.6 Å². The third-order valence-electron chi connectivity index (χ3n) is 4.49. The van der Waals surface area contributed by atoms with Crippen molar-refractivity contribution >= 4 is 11.6 Å². The second-order valence-corrected chi connectivity index (χ2v) is 6.59. The molecule has 3 aromatic carbocycles. The Morgan fingerprint density at radius 1 is 1.03 bits per heavy atom. The van der Waals surface area contributed by atoms with Crippen molar-refractivity contribution in [2.75, 3.05) is 19.0 Å². The molecule has 3 N–H and O–H groups in total. The van der Waals surface area contributed by atoms with E-state index >= 15 is 0 Å². The Morgan fingerprint density at radius 2 is 1.76 bits per heavy atom. The number of rotatable bonds is 7. The molecule has 1 unspecified atom stereocenters. The Kier molecular flexibility index (Phi) is 6.46. The third kappa shape index (κ3) is 4.92. The van der Waals surface area contributed by atoms with Gasteiger partial charge in [0, 0.05) is 18.3 Å². The number of anilines is 1. The largest absolute Gasteiger partial charge is 0.493 e. The molecule has 0 bridgehead atoms. The zero-order chi connectivity index (χ0) is 20.8. The monoisotopic (exact) mass is 394 g/mol. The first-order chi connectivity index (χ1) is 14.0. The summed E-state index contributed by atoms with van der Waals surface area (Å²) in [6.07, 6.45) is 0. The fourth-order valence-electron chi connectivity index (χ4n) is 2.95. The fourth-order valence-corrected chi connectivity index (χ4v) is 2.95. The van der Waals surface area contributed by atoms with Gasteiger partial charge in [0.1, 0.15) is 0 Å². The third-order valence-corrected chi connectivity index (χ3v) is 4.49. The summed E-state index contributed by atoms with van der Waals surface area (Å²) in [5.74, 6) is -0.478. The highest BCUT2D eigenvalue weighted by atomic mass is 19.1. The summed E-state index contributed by atoms with van der Waals surface area (Å²) >= 11 is 0. The van der Waals surface area contributed by atoms with E-state index < -0.39 is 11.7 Å². The number of hydrogen-bond donors (Lipinski definition) is 2. The summed E-state index contributed by atoms with van der Waals surface area (Å²) in [5.41, 5.74) is 7.90. The zero-order valence-electron chi connectivity index (χ0n) is 16.3. The molecule has 6 heteroatoms. The van der Waals surface area contributed by atoms with Crippen molar-refractivity contribution in [1.82, 2.24) is 0 Å². The first kappa shape index (κ1) is 20.4. The molecule has 5 nitrogen and oxygen atoms in total. The average molecular weight is 394 g/mol. The van der Waals surface area contributed by atoms with Crippen LogP contribution in [0.5, 0.6) is 17.2 Å². The van der Waals surface area contributed by atoms with Crippen molar-refractivity contribution in [2.45, 2.75) is 12.8 Å². The molecular weight excluding hydrogens is 371 g/mol. The standard InChI is InChI=1S/C23H23FN2O3/c1-15-8-10-21(22(12-15)28-2)29-20-11-9-17(13-19(20)24)26-23(27)18(14-25)16-6-4-3-5-7-16/h3-13,18H,14,25H2,1-2H3,(H,26,27). The van der Waals surface area contributed by atoms with Gasteiger partial charge in [-0.05, 0) is 42.3 Å². The molecule has 0 aromatic heterocycles. The van der Waals surface area contributed by atoms with Gasteiger partial charge in [0.2, 0.25) is 5.91 Å². The molecule has 0 fully saturated rings. The summed E-state index contributed by atoms with van der Waals surface area (Å²) in [7, 11) is 1.53. The average Bonchev–Trinajstić information content (AvgIpc) is 2.72. The van der Waals surface area contributed by atoms with Gasteiger partial charge in [-0.1, -0.05) is 36.4 Å². The number of carbonyl (C=O) groups excluding carboxylic acids is 1. The van der Waals surface area contributed by atoms with Gasteiger partial charge in [0.15, 0.2) is 23.1 Å². The van der Waals surface area contributed by atoms with Crippen LogP contribution in [0.15, 0.2) is 66.7 Å². The maximum Gasteiger partial charge on any atom is 0.233 e. The van der Waals surface area contributed by atoms with Crippen LogP contribution in [0.1, 0.15) is 17.0 Å². The number of amides is 1. The highest BCUT2D eigenvalue weighted by Crippen LogP contribution is 2.34. The molecular formula is C23H23FN2O3. The summed E-state index contributed by atoms with van der Waals surface area (Å²) in [6, 6.07) is 18.9. The Morgan fingerprint density at radius 3 is 2.41 bits per heavy atom. The van der Waals surface area contributed by atoms with E-state index in [9.17, 15) is 9.18 Å². The Labute approximate surface area is 169 Å².